The highest BCUT2D eigenvalue weighted by molar-refractivity contribution is 5.25. The molecule has 0 spiro atoms. The molecule has 24 heavy (non-hydrogen) atoms. The predicted octanol–water partition coefficient (Wildman–Crippen LogP) is 1.84. The lowest BCUT2D eigenvalue weighted by Crippen LogP contribution is -2.46. The Labute approximate surface area is 141 Å². The van der Waals surface area contributed by atoms with E-state index in [1.165, 1.54) is 12.8 Å². The fourth-order valence-corrected chi connectivity index (χ4v) is 3.20. The van der Waals surface area contributed by atoms with Crippen molar-refractivity contribution in [3.8, 4) is 5.88 Å². The highest BCUT2D eigenvalue weighted by atomic mass is 16.5. The van der Waals surface area contributed by atoms with Gasteiger partial charge in [-0.2, -0.15) is 4.98 Å². The highest BCUT2D eigenvalue weighted by Gasteiger charge is 2.33. The van der Waals surface area contributed by atoms with Crippen molar-refractivity contribution in [1.29, 1.82) is 0 Å². The molecule has 7 heteroatoms. The molecule has 2 aromatic heterocycles. The van der Waals surface area contributed by atoms with Crippen LogP contribution in [0, 0.1) is 0 Å². The van der Waals surface area contributed by atoms with Gasteiger partial charge in [0.1, 0.15) is 6.04 Å². The number of hydrogen-bond acceptors (Lipinski definition) is 7. The summed E-state index contributed by atoms with van der Waals surface area (Å²) in [6.45, 7) is 3.63. The molecule has 1 aliphatic carbocycles. The largest absolute Gasteiger partial charge is 0.481 e. The van der Waals surface area contributed by atoms with Gasteiger partial charge in [0.15, 0.2) is 5.82 Å². The molecular weight excluding hydrogens is 306 g/mol. The van der Waals surface area contributed by atoms with Crippen molar-refractivity contribution < 1.29 is 9.26 Å². The van der Waals surface area contributed by atoms with E-state index in [1.807, 2.05) is 6.07 Å². The Morgan fingerprint density at radius 1 is 1.33 bits per heavy atom. The standard InChI is InChI=1S/C17H23N5O2/c1-21-8-9-22(10-13-4-3-7-18-16(13)23-2)11-14(21)17-19-15(20-24-17)12-5-6-12/h3-4,7,12,14H,5-6,8-11H2,1-2H3/t14-/m0/s1. The van der Waals surface area contributed by atoms with E-state index < -0.39 is 0 Å². The zero-order chi connectivity index (χ0) is 16.5. The smallest absolute Gasteiger partial charge is 0.245 e. The first-order valence-corrected chi connectivity index (χ1v) is 8.48. The summed E-state index contributed by atoms with van der Waals surface area (Å²) in [7, 11) is 3.78. The number of ether oxygens (including phenoxy) is 1. The number of hydrogen-bond donors (Lipinski definition) is 0. The third kappa shape index (κ3) is 3.14. The van der Waals surface area contributed by atoms with Crippen molar-refractivity contribution in [2.75, 3.05) is 33.8 Å². The Morgan fingerprint density at radius 3 is 3.00 bits per heavy atom. The Bertz CT molecular complexity index is 700. The molecular formula is C17H23N5O2. The molecule has 128 valence electrons. The lowest BCUT2D eigenvalue weighted by molar-refractivity contribution is 0.0709. The number of methoxy groups -OCH3 is 1. The van der Waals surface area contributed by atoms with Crippen LogP contribution in [0.4, 0.5) is 0 Å². The summed E-state index contributed by atoms with van der Waals surface area (Å²) in [6.07, 6.45) is 4.13. The maximum absolute atomic E-state index is 5.55. The topological polar surface area (TPSA) is 67.5 Å². The number of pyridine rings is 1. The number of likely N-dealkylation sites (N-methyl/N-ethyl adjacent to an activating group) is 1. The molecule has 2 aromatic rings. The zero-order valence-corrected chi connectivity index (χ0v) is 14.2. The van der Waals surface area contributed by atoms with Crippen molar-refractivity contribution in [1.82, 2.24) is 24.9 Å². The van der Waals surface area contributed by atoms with E-state index >= 15 is 0 Å². The van der Waals surface area contributed by atoms with Crippen LogP contribution in [0.1, 0.15) is 42.1 Å². The SMILES string of the molecule is COc1ncccc1CN1CCN(C)[C@H](c2nc(C3CC3)no2)C1. The third-order valence-electron chi connectivity index (χ3n) is 4.85. The maximum Gasteiger partial charge on any atom is 0.245 e. The average Bonchev–Trinajstić information content (AvgIpc) is 3.34. The minimum Gasteiger partial charge on any atom is -0.481 e. The first kappa shape index (κ1) is 15.5. The molecule has 3 heterocycles. The first-order chi connectivity index (χ1) is 11.7. The van der Waals surface area contributed by atoms with Gasteiger partial charge in [-0.1, -0.05) is 11.2 Å². The minimum absolute atomic E-state index is 0.140. The van der Waals surface area contributed by atoms with E-state index in [0.717, 1.165) is 43.5 Å². The molecule has 7 nitrogen and oxygen atoms in total. The number of aromatic nitrogens is 3. The van der Waals surface area contributed by atoms with Gasteiger partial charge < -0.3 is 9.26 Å². The quantitative estimate of drug-likeness (QED) is 0.829. The second-order valence-electron chi connectivity index (χ2n) is 6.67. The molecule has 0 amide bonds. The highest BCUT2D eigenvalue weighted by Crippen LogP contribution is 2.39. The molecule has 1 atom stereocenters. The van der Waals surface area contributed by atoms with Crippen LogP contribution in [-0.2, 0) is 6.54 Å². The van der Waals surface area contributed by atoms with Crippen molar-refractivity contribution in [3.05, 3.63) is 35.6 Å². The molecule has 0 unspecified atom stereocenters. The molecule has 4 rings (SSSR count). The van der Waals surface area contributed by atoms with Gasteiger partial charge in [0.2, 0.25) is 11.8 Å². The van der Waals surface area contributed by atoms with E-state index in [4.69, 9.17) is 9.26 Å². The summed E-state index contributed by atoms with van der Waals surface area (Å²) in [4.78, 5) is 13.6. The number of rotatable bonds is 5. The monoisotopic (exact) mass is 329 g/mol. The summed E-state index contributed by atoms with van der Waals surface area (Å²) in [5.41, 5.74) is 1.10. The van der Waals surface area contributed by atoms with Crippen LogP contribution in [0.5, 0.6) is 5.88 Å². The summed E-state index contributed by atoms with van der Waals surface area (Å²) in [6, 6.07) is 4.16. The van der Waals surface area contributed by atoms with Crippen LogP contribution < -0.4 is 4.74 Å². The van der Waals surface area contributed by atoms with Crippen LogP contribution in [0.25, 0.3) is 0 Å². The van der Waals surface area contributed by atoms with Crippen molar-refractivity contribution in [2.45, 2.75) is 31.3 Å². The molecule has 0 N–H and O–H groups in total. The Hall–Kier alpha value is -1.99. The van der Waals surface area contributed by atoms with Gasteiger partial charge in [0, 0.05) is 43.9 Å². The van der Waals surface area contributed by atoms with Crippen LogP contribution in [0.3, 0.4) is 0 Å². The first-order valence-electron chi connectivity index (χ1n) is 8.48. The molecule has 2 aliphatic rings. The Balaban J connectivity index is 1.47. The lowest BCUT2D eigenvalue weighted by Gasteiger charge is -2.37. The van der Waals surface area contributed by atoms with Crippen molar-refractivity contribution in [2.24, 2.45) is 0 Å². The Kier molecular flexibility index (Phi) is 4.20. The van der Waals surface area contributed by atoms with Gasteiger partial charge in [0.05, 0.1) is 7.11 Å². The van der Waals surface area contributed by atoms with Gasteiger partial charge in [-0.15, -0.1) is 0 Å². The fourth-order valence-electron chi connectivity index (χ4n) is 3.20. The minimum atomic E-state index is 0.140. The van der Waals surface area contributed by atoms with E-state index in [1.54, 1.807) is 13.3 Å². The zero-order valence-electron chi connectivity index (χ0n) is 14.2. The molecule has 0 bridgehead atoms. The van der Waals surface area contributed by atoms with Gasteiger partial charge in [-0.05, 0) is 26.0 Å². The molecule has 2 fully saturated rings. The normalized spacial score (nSPS) is 22.7. The summed E-state index contributed by atoms with van der Waals surface area (Å²) < 4.78 is 10.9. The second kappa shape index (κ2) is 6.49. The van der Waals surface area contributed by atoms with Crippen LogP contribution in [-0.4, -0.2) is 58.7 Å². The molecule has 1 saturated carbocycles. The van der Waals surface area contributed by atoms with Crippen molar-refractivity contribution in [3.63, 3.8) is 0 Å². The van der Waals surface area contributed by atoms with Gasteiger partial charge in [-0.25, -0.2) is 4.98 Å². The van der Waals surface area contributed by atoms with Crippen LogP contribution in [0.15, 0.2) is 22.9 Å². The summed E-state index contributed by atoms with van der Waals surface area (Å²) in [5.74, 6) is 2.83. The maximum atomic E-state index is 5.55. The lowest BCUT2D eigenvalue weighted by atomic mass is 10.1. The molecule has 1 saturated heterocycles. The average molecular weight is 329 g/mol. The predicted molar refractivity (Wildman–Crippen MR) is 87.7 cm³/mol. The summed E-state index contributed by atoms with van der Waals surface area (Å²) in [5, 5.41) is 4.16. The van der Waals surface area contributed by atoms with Crippen LogP contribution in [0.2, 0.25) is 0 Å². The van der Waals surface area contributed by atoms with Crippen LogP contribution >= 0.6 is 0 Å². The molecule has 0 radical (unpaired) electrons. The van der Waals surface area contributed by atoms with E-state index in [-0.39, 0.29) is 6.04 Å². The van der Waals surface area contributed by atoms with E-state index in [0.29, 0.717) is 11.8 Å². The van der Waals surface area contributed by atoms with Gasteiger partial charge in [-0.3, -0.25) is 9.80 Å². The number of piperazine rings is 1. The van der Waals surface area contributed by atoms with Gasteiger partial charge in [0.25, 0.3) is 0 Å². The molecule has 1 aliphatic heterocycles. The summed E-state index contributed by atoms with van der Waals surface area (Å²) >= 11 is 0. The third-order valence-corrected chi connectivity index (χ3v) is 4.85. The number of nitrogens with zero attached hydrogens (tertiary/aromatic N) is 5. The molecule has 0 aromatic carbocycles. The van der Waals surface area contributed by atoms with E-state index in [9.17, 15) is 0 Å². The second-order valence-corrected chi connectivity index (χ2v) is 6.67. The van der Waals surface area contributed by atoms with E-state index in [2.05, 4.69) is 38.0 Å². The van der Waals surface area contributed by atoms with Gasteiger partial charge >= 0.3 is 0 Å². The van der Waals surface area contributed by atoms with Crippen molar-refractivity contribution >= 4 is 0 Å². The fraction of sp³-hybridized carbons (Fsp3) is 0.588. The Morgan fingerprint density at radius 2 is 2.21 bits per heavy atom.